The molecule has 2 aliphatic heterocycles. The van der Waals surface area contributed by atoms with Gasteiger partial charge in [-0.15, -0.1) is 0 Å². The number of allylic oxidation sites excluding steroid dienone is 4. The van der Waals surface area contributed by atoms with E-state index < -0.39 is 45.1 Å². The summed E-state index contributed by atoms with van der Waals surface area (Å²) in [7, 11) is 0. The highest BCUT2D eigenvalue weighted by atomic mass is 16.6. The monoisotopic (exact) mass is 454 g/mol. The van der Waals surface area contributed by atoms with Crippen LogP contribution >= 0.6 is 0 Å². The Morgan fingerprint density at radius 1 is 1.09 bits per heavy atom. The van der Waals surface area contributed by atoms with Crippen molar-refractivity contribution in [3.63, 3.8) is 0 Å². The molecule has 6 aliphatic rings. The van der Waals surface area contributed by atoms with Gasteiger partial charge < -0.3 is 19.7 Å². The van der Waals surface area contributed by atoms with Gasteiger partial charge in [0.05, 0.1) is 23.0 Å². The number of carbonyl (C=O) groups excluding carboxylic acids is 3. The normalized spacial score (nSPS) is 51.5. The molecule has 0 aromatic carbocycles. The van der Waals surface area contributed by atoms with E-state index in [2.05, 4.69) is 0 Å². The highest BCUT2D eigenvalue weighted by Crippen LogP contribution is 2.80. The lowest BCUT2D eigenvalue weighted by Crippen LogP contribution is -2.70. The van der Waals surface area contributed by atoms with Gasteiger partial charge in [0.2, 0.25) is 5.78 Å². The number of hydrogen-bond acceptors (Lipinski definition) is 7. The Morgan fingerprint density at radius 3 is 2.42 bits per heavy atom. The Kier molecular flexibility index (Phi) is 3.67. The van der Waals surface area contributed by atoms with Crippen LogP contribution in [0.2, 0.25) is 0 Å². The number of carbonyl (C=O) groups is 3. The molecule has 7 nitrogen and oxygen atoms in total. The van der Waals surface area contributed by atoms with Crippen molar-refractivity contribution < 1.29 is 34.1 Å². The third kappa shape index (κ3) is 1.97. The van der Waals surface area contributed by atoms with Gasteiger partial charge in [-0.3, -0.25) is 9.59 Å². The fraction of sp³-hybridized carbons (Fsp3) is 0.654. The summed E-state index contributed by atoms with van der Waals surface area (Å²) in [5.41, 5.74) is -3.83. The van der Waals surface area contributed by atoms with Crippen molar-refractivity contribution in [2.24, 2.45) is 33.5 Å². The summed E-state index contributed by atoms with van der Waals surface area (Å²) in [4.78, 5) is 39.3. The summed E-state index contributed by atoms with van der Waals surface area (Å²) in [5, 5.41) is 23.1. The van der Waals surface area contributed by atoms with E-state index in [1.54, 1.807) is 32.9 Å². The molecule has 176 valence electrons. The highest BCUT2D eigenvalue weighted by Gasteiger charge is 2.88. The van der Waals surface area contributed by atoms with Crippen LogP contribution in [0.15, 0.2) is 35.1 Å². The van der Waals surface area contributed by atoms with Gasteiger partial charge in [-0.25, -0.2) is 4.79 Å². The molecule has 1 spiro atoms. The minimum Gasteiger partial charge on any atom is -0.504 e. The Bertz CT molecular complexity index is 1140. The number of cyclic esters (lactones) is 1. The van der Waals surface area contributed by atoms with Crippen LogP contribution in [0.5, 0.6) is 0 Å². The minimum atomic E-state index is -1.23. The molecule has 0 bridgehead atoms. The van der Waals surface area contributed by atoms with E-state index in [-0.39, 0.29) is 36.1 Å². The topological polar surface area (TPSA) is 113 Å². The quantitative estimate of drug-likeness (QED) is 0.462. The Labute approximate surface area is 192 Å². The number of ether oxygens (including phenoxy) is 2. The maximum Gasteiger partial charge on any atom is 0.334 e. The molecule has 1 saturated heterocycles. The number of aliphatic hydroxyl groups is 2. The van der Waals surface area contributed by atoms with Gasteiger partial charge in [0.1, 0.15) is 12.2 Å². The second-order valence-electron chi connectivity index (χ2n) is 11.9. The van der Waals surface area contributed by atoms with Gasteiger partial charge in [0, 0.05) is 28.2 Å². The van der Waals surface area contributed by atoms with Gasteiger partial charge in [-0.1, -0.05) is 19.9 Å². The smallest absolute Gasteiger partial charge is 0.334 e. The van der Waals surface area contributed by atoms with Crippen molar-refractivity contribution in [2.45, 2.75) is 65.3 Å². The summed E-state index contributed by atoms with van der Waals surface area (Å²) in [6, 6.07) is 0. The van der Waals surface area contributed by atoms with E-state index >= 15 is 0 Å². The predicted octanol–water partition coefficient (Wildman–Crippen LogP) is 2.59. The number of rotatable bonds is 1. The molecule has 3 fully saturated rings. The molecule has 0 aromatic heterocycles. The summed E-state index contributed by atoms with van der Waals surface area (Å²) in [6.07, 6.45) is 4.82. The number of aliphatic hydroxyl groups excluding tert-OH is 2. The van der Waals surface area contributed by atoms with Gasteiger partial charge in [0.15, 0.2) is 11.5 Å². The lowest BCUT2D eigenvalue weighted by Gasteiger charge is -2.63. The van der Waals surface area contributed by atoms with Crippen LogP contribution in [-0.4, -0.2) is 52.2 Å². The summed E-state index contributed by atoms with van der Waals surface area (Å²) < 4.78 is 11.6. The fourth-order valence-electron chi connectivity index (χ4n) is 9.10. The average Bonchev–Trinajstić information content (AvgIpc) is 3.23. The Morgan fingerprint density at radius 2 is 1.79 bits per heavy atom. The number of fused-ring (bicyclic) bond motifs is 3. The SMILES string of the molecule is CC1(C)C(=O)C=C[C@@]2(C)C1=C(O)C(=O)[C@]1(C)[C@@H]2[C@@H](O)C[C@@]2(C)[C@H](C3=CCOC3=O)C[C@H]3O[C@]321. The molecule has 0 aromatic rings. The molecule has 8 atom stereocenters. The van der Waals surface area contributed by atoms with Gasteiger partial charge in [-0.2, -0.15) is 0 Å². The van der Waals surface area contributed by atoms with Crippen molar-refractivity contribution >= 4 is 17.5 Å². The molecule has 0 amide bonds. The van der Waals surface area contributed by atoms with Crippen LogP contribution in [0.25, 0.3) is 0 Å². The first-order valence-corrected chi connectivity index (χ1v) is 11.7. The molecule has 4 aliphatic carbocycles. The molecule has 2 heterocycles. The van der Waals surface area contributed by atoms with Gasteiger partial charge >= 0.3 is 5.97 Å². The Balaban J connectivity index is 1.58. The van der Waals surface area contributed by atoms with Crippen molar-refractivity contribution in [2.75, 3.05) is 6.61 Å². The van der Waals surface area contributed by atoms with Gasteiger partial charge in [-0.05, 0) is 51.3 Å². The summed E-state index contributed by atoms with van der Waals surface area (Å²) in [5.74, 6) is -2.18. The van der Waals surface area contributed by atoms with Crippen molar-refractivity contribution in [3.8, 4) is 0 Å². The lowest BCUT2D eigenvalue weighted by atomic mass is 9.38. The zero-order valence-corrected chi connectivity index (χ0v) is 19.6. The van der Waals surface area contributed by atoms with Crippen LogP contribution in [0.4, 0.5) is 0 Å². The molecule has 0 radical (unpaired) electrons. The zero-order chi connectivity index (χ0) is 23.9. The standard InChI is InChI=1S/C26H30O7/c1-22(2)15(28)6-8-23(3)18-14(27)11-24(4)13(12-7-9-32-21(12)31)10-16-26(24,33-16)25(18,5)20(30)17(29)19(22)23/h6-8,13-14,16,18,27,29H,9-11H2,1-5H3/t13-,14-,16+,18+,23+,24-,25-,26+/m0/s1. The van der Waals surface area contributed by atoms with Gasteiger partial charge in [0.25, 0.3) is 0 Å². The number of hydrogen-bond donors (Lipinski definition) is 2. The van der Waals surface area contributed by atoms with Crippen LogP contribution in [-0.2, 0) is 23.9 Å². The van der Waals surface area contributed by atoms with Crippen LogP contribution < -0.4 is 0 Å². The maximum absolute atomic E-state index is 14.1. The largest absolute Gasteiger partial charge is 0.504 e. The van der Waals surface area contributed by atoms with Crippen molar-refractivity contribution in [1.82, 2.24) is 0 Å². The first-order chi connectivity index (χ1) is 15.3. The second kappa shape index (κ2) is 5.69. The van der Waals surface area contributed by atoms with Crippen molar-refractivity contribution in [3.05, 3.63) is 35.1 Å². The second-order valence-corrected chi connectivity index (χ2v) is 11.9. The first-order valence-electron chi connectivity index (χ1n) is 11.7. The molecular formula is C26H30O7. The molecule has 7 heteroatoms. The third-order valence-corrected chi connectivity index (χ3v) is 10.3. The highest BCUT2D eigenvalue weighted by molar-refractivity contribution is 6.06. The zero-order valence-electron chi connectivity index (χ0n) is 19.6. The van der Waals surface area contributed by atoms with E-state index in [1.807, 2.05) is 13.8 Å². The average molecular weight is 455 g/mol. The molecule has 0 unspecified atom stereocenters. The summed E-state index contributed by atoms with van der Waals surface area (Å²) in [6.45, 7) is 9.38. The van der Waals surface area contributed by atoms with Crippen LogP contribution in [0.1, 0.15) is 47.5 Å². The maximum atomic E-state index is 14.1. The number of epoxide rings is 1. The third-order valence-electron chi connectivity index (χ3n) is 10.3. The molecule has 33 heavy (non-hydrogen) atoms. The number of Topliss-reactive ketones (excluding diaryl/α,β-unsaturated/α-hetero) is 1. The minimum absolute atomic E-state index is 0.181. The lowest BCUT2D eigenvalue weighted by molar-refractivity contribution is -0.190. The predicted molar refractivity (Wildman–Crippen MR) is 116 cm³/mol. The summed E-state index contributed by atoms with van der Waals surface area (Å²) >= 11 is 0. The van der Waals surface area contributed by atoms with E-state index in [1.165, 1.54) is 6.08 Å². The molecule has 6 rings (SSSR count). The van der Waals surface area contributed by atoms with E-state index in [9.17, 15) is 24.6 Å². The van der Waals surface area contributed by atoms with E-state index in [0.717, 1.165) is 0 Å². The van der Waals surface area contributed by atoms with Crippen LogP contribution in [0, 0.1) is 33.5 Å². The van der Waals surface area contributed by atoms with Crippen molar-refractivity contribution in [1.29, 1.82) is 0 Å². The van der Waals surface area contributed by atoms with E-state index in [4.69, 9.17) is 9.47 Å². The van der Waals surface area contributed by atoms with E-state index in [0.29, 0.717) is 24.0 Å². The molecule has 2 N–H and O–H groups in total. The first kappa shape index (κ1) is 21.3. The number of ketones is 2. The fourth-order valence-corrected chi connectivity index (χ4v) is 9.10. The van der Waals surface area contributed by atoms with Crippen LogP contribution in [0.3, 0.4) is 0 Å². The number of esters is 1. The Hall–Kier alpha value is -2.25. The molecular weight excluding hydrogens is 424 g/mol. The molecule has 2 saturated carbocycles.